The minimum absolute atomic E-state index is 0.124. The molecule has 1 saturated heterocycles. The number of rotatable bonds is 6. The van der Waals surface area contributed by atoms with Crippen LogP contribution in [0.2, 0.25) is 0 Å². The van der Waals surface area contributed by atoms with E-state index in [1.165, 1.54) is 35.6 Å². The Bertz CT molecular complexity index is 2020. The molecule has 6 rings (SSSR count). The first-order valence-electron chi connectivity index (χ1n) is 12.5. The second-order valence-corrected chi connectivity index (χ2v) is 12.5. The van der Waals surface area contributed by atoms with Crippen molar-refractivity contribution in [3.63, 3.8) is 0 Å². The van der Waals surface area contributed by atoms with E-state index in [0.717, 1.165) is 16.1 Å². The Labute approximate surface area is 238 Å². The summed E-state index contributed by atoms with van der Waals surface area (Å²) in [5.41, 5.74) is 2.66. The van der Waals surface area contributed by atoms with Crippen LogP contribution in [0.15, 0.2) is 77.0 Å². The topological polar surface area (TPSA) is 84.0 Å². The van der Waals surface area contributed by atoms with Crippen LogP contribution in [-0.4, -0.2) is 36.6 Å². The third-order valence-corrected chi connectivity index (χ3v) is 9.78. The number of anilines is 1. The molecule has 0 amide bonds. The van der Waals surface area contributed by atoms with Crippen LogP contribution >= 0.6 is 11.3 Å². The molecule has 3 aromatic carbocycles. The molecule has 1 aliphatic rings. The van der Waals surface area contributed by atoms with Crippen LogP contribution < -0.4 is 4.90 Å². The number of hydrogen-bond acceptors (Lipinski definition) is 5. The molecule has 7 nitrogen and oxygen atoms in total. The smallest absolute Gasteiger partial charge is 0.310 e. The standard InChI is InChI=1S/C30H21F2N3O4S2/c1-17-6-9-26(24(32)12-17)41(38,39)35-25-8-7-20(31)14-23(25)27(22-10-11-40-29(22)33-2)28(35)18-4-3-5-21(13-18)34-15-19(16-34)30(36)37/h3-14,19H,15-16H2,1H3,(H,36,37). The van der Waals surface area contributed by atoms with Crippen molar-refractivity contribution >= 4 is 48.9 Å². The van der Waals surface area contributed by atoms with E-state index >= 15 is 4.39 Å². The molecule has 11 heteroatoms. The van der Waals surface area contributed by atoms with Gasteiger partial charge in [0, 0.05) is 40.9 Å². The Hall–Kier alpha value is -4.53. The van der Waals surface area contributed by atoms with Gasteiger partial charge in [-0.05, 0) is 60.3 Å². The van der Waals surface area contributed by atoms with Crippen LogP contribution in [-0.2, 0) is 14.8 Å². The Balaban J connectivity index is 1.69. The number of aryl methyl sites for hydroxylation is 1. The molecule has 0 spiro atoms. The molecule has 0 unspecified atom stereocenters. The fourth-order valence-corrected chi connectivity index (χ4v) is 7.49. The maximum absolute atomic E-state index is 15.2. The maximum Gasteiger partial charge on any atom is 0.310 e. The van der Waals surface area contributed by atoms with Crippen molar-refractivity contribution in [2.75, 3.05) is 18.0 Å². The zero-order valence-electron chi connectivity index (χ0n) is 21.5. The summed E-state index contributed by atoms with van der Waals surface area (Å²) in [5, 5.41) is 11.6. The highest BCUT2D eigenvalue weighted by molar-refractivity contribution is 7.90. The van der Waals surface area contributed by atoms with E-state index in [1.54, 1.807) is 42.6 Å². The van der Waals surface area contributed by atoms with Crippen molar-refractivity contribution in [1.29, 1.82) is 0 Å². The van der Waals surface area contributed by atoms with Gasteiger partial charge < -0.3 is 10.0 Å². The highest BCUT2D eigenvalue weighted by Gasteiger charge is 2.34. The molecule has 0 atom stereocenters. The fourth-order valence-electron chi connectivity index (χ4n) is 5.21. The lowest BCUT2D eigenvalue weighted by molar-refractivity contribution is -0.142. The number of aromatic nitrogens is 1. The van der Waals surface area contributed by atoms with Crippen molar-refractivity contribution in [2.24, 2.45) is 5.92 Å². The normalized spacial score (nSPS) is 13.8. The van der Waals surface area contributed by atoms with E-state index in [9.17, 15) is 22.7 Å². The van der Waals surface area contributed by atoms with Gasteiger partial charge in [0.25, 0.3) is 10.0 Å². The van der Waals surface area contributed by atoms with Gasteiger partial charge in [-0.15, -0.1) is 0 Å². The van der Waals surface area contributed by atoms with Crippen molar-refractivity contribution < 1.29 is 27.1 Å². The SMILES string of the molecule is [C-]#[N+]c1sccc1-c1c(-c2cccc(N3CC(C(=O)O)C3)c2)n(S(=O)(=O)c2ccc(C)cc2F)c2ccc(F)cc12. The minimum Gasteiger partial charge on any atom is -0.481 e. The largest absolute Gasteiger partial charge is 0.481 e. The summed E-state index contributed by atoms with van der Waals surface area (Å²) in [4.78, 5) is 16.3. The zero-order chi connectivity index (χ0) is 29.1. The van der Waals surface area contributed by atoms with Crippen LogP contribution in [0.4, 0.5) is 19.5 Å². The summed E-state index contributed by atoms with van der Waals surface area (Å²) in [7, 11) is -4.59. The van der Waals surface area contributed by atoms with Gasteiger partial charge in [-0.25, -0.2) is 26.0 Å². The molecular formula is C30H21F2N3O4S2. The van der Waals surface area contributed by atoms with E-state index in [-0.39, 0.29) is 21.6 Å². The average molecular weight is 590 g/mol. The zero-order valence-corrected chi connectivity index (χ0v) is 23.1. The summed E-state index contributed by atoms with van der Waals surface area (Å²) >= 11 is 1.17. The molecular weight excluding hydrogens is 568 g/mol. The van der Waals surface area contributed by atoms with E-state index in [0.29, 0.717) is 41.0 Å². The average Bonchev–Trinajstić information content (AvgIpc) is 3.49. The van der Waals surface area contributed by atoms with Crippen molar-refractivity contribution in [1.82, 2.24) is 3.97 Å². The van der Waals surface area contributed by atoms with E-state index < -0.39 is 38.4 Å². The highest BCUT2D eigenvalue weighted by atomic mass is 32.2. The minimum atomic E-state index is -4.59. The monoisotopic (exact) mass is 589 g/mol. The molecule has 1 aliphatic heterocycles. The number of hydrogen-bond donors (Lipinski definition) is 1. The van der Waals surface area contributed by atoms with Gasteiger partial charge >= 0.3 is 5.97 Å². The Kier molecular flexibility index (Phi) is 6.40. The molecule has 1 fully saturated rings. The molecule has 0 radical (unpaired) electrons. The van der Waals surface area contributed by atoms with Gasteiger partial charge in [0.1, 0.15) is 16.5 Å². The number of carboxylic acid groups (broad SMARTS) is 1. The summed E-state index contributed by atoms with van der Waals surface area (Å²) in [6.45, 7) is 9.93. The first-order chi connectivity index (χ1) is 19.6. The molecule has 0 bridgehead atoms. The van der Waals surface area contributed by atoms with Crippen molar-refractivity contribution in [2.45, 2.75) is 11.8 Å². The van der Waals surface area contributed by atoms with Gasteiger partial charge in [-0.3, -0.25) is 4.79 Å². The number of halogens is 2. The Morgan fingerprint density at radius 1 is 1.07 bits per heavy atom. The predicted molar refractivity (Wildman–Crippen MR) is 154 cm³/mol. The summed E-state index contributed by atoms with van der Waals surface area (Å²) in [6.07, 6.45) is 0. The summed E-state index contributed by atoms with van der Waals surface area (Å²) < 4.78 is 59.5. The van der Waals surface area contributed by atoms with E-state index in [1.807, 2.05) is 4.90 Å². The molecule has 0 aliphatic carbocycles. The predicted octanol–water partition coefficient (Wildman–Crippen LogP) is 6.93. The van der Waals surface area contributed by atoms with Crippen LogP contribution in [0.3, 0.4) is 0 Å². The lowest BCUT2D eigenvalue weighted by Crippen LogP contribution is -2.50. The van der Waals surface area contributed by atoms with Gasteiger partial charge in [0.05, 0.1) is 23.7 Å². The molecule has 5 aromatic rings. The van der Waals surface area contributed by atoms with Crippen LogP contribution in [0.25, 0.3) is 38.1 Å². The van der Waals surface area contributed by atoms with Gasteiger partial charge in [-0.2, -0.15) is 11.3 Å². The van der Waals surface area contributed by atoms with E-state index in [2.05, 4.69) is 4.85 Å². The van der Waals surface area contributed by atoms with Crippen LogP contribution in [0.1, 0.15) is 5.56 Å². The van der Waals surface area contributed by atoms with Crippen molar-refractivity contribution in [3.8, 4) is 22.4 Å². The van der Waals surface area contributed by atoms with Gasteiger partial charge in [-0.1, -0.05) is 24.3 Å². The highest BCUT2D eigenvalue weighted by Crippen LogP contribution is 2.48. The summed E-state index contributed by atoms with van der Waals surface area (Å²) in [5.74, 6) is -2.93. The third-order valence-electron chi connectivity index (χ3n) is 7.22. The maximum atomic E-state index is 15.2. The molecule has 206 valence electrons. The molecule has 2 aromatic heterocycles. The Morgan fingerprint density at radius 3 is 2.56 bits per heavy atom. The Morgan fingerprint density at radius 2 is 1.85 bits per heavy atom. The molecule has 3 heterocycles. The third kappa shape index (κ3) is 4.36. The quantitative estimate of drug-likeness (QED) is 0.217. The lowest BCUT2D eigenvalue weighted by Gasteiger charge is -2.38. The number of carbonyl (C=O) groups is 1. The first-order valence-corrected chi connectivity index (χ1v) is 14.8. The second kappa shape index (κ2) is 9.83. The molecule has 0 saturated carbocycles. The summed E-state index contributed by atoms with van der Waals surface area (Å²) in [6, 6.07) is 16.1. The number of aliphatic carboxylic acids is 1. The number of fused-ring (bicyclic) bond motifs is 1. The number of carboxylic acids is 1. The second-order valence-electron chi connectivity index (χ2n) is 9.83. The molecule has 41 heavy (non-hydrogen) atoms. The van der Waals surface area contributed by atoms with Gasteiger partial charge in [0.2, 0.25) is 5.00 Å². The van der Waals surface area contributed by atoms with Crippen molar-refractivity contribution in [3.05, 3.63) is 101 Å². The van der Waals surface area contributed by atoms with Crippen LogP contribution in [0.5, 0.6) is 0 Å². The number of benzene rings is 3. The van der Waals surface area contributed by atoms with E-state index in [4.69, 9.17) is 6.57 Å². The first kappa shape index (κ1) is 26.7. The van der Waals surface area contributed by atoms with Crippen LogP contribution in [0, 0.1) is 31.0 Å². The fraction of sp³-hybridized carbons (Fsp3) is 0.133. The lowest BCUT2D eigenvalue weighted by atomic mass is 9.97. The molecule has 1 N–H and O–H groups in total. The van der Waals surface area contributed by atoms with Gasteiger partial charge in [0.15, 0.2) is 0 Å². The number of nitrogens with zero attached hydrogens (tertiary/aromatic N) is 3. The number of thiophene rings is 1.